The Morgan fingerprint density at radius 2 is 2.00 bits per heavy atom. The third-order valence-electron chi connectivity index (χ3n) is 3.99. The summed E-state index contributed by atoms with van der Waals surface area (Å²) in [5.41, 5.74) is 3.55. The molecule has 0 saturated heterocycles. The van der Waals surface area contributed by atoms with Gasteiger partial charge in [-0.25, -0.2) is 4.79 Å². The Bertz CT molecular complexity index is 659. The number of urea groups is 1. The summed E-state index contributed by atoms with van der Waals surface area (Å²) in [4.78, 5) is 26.2. The number of hydrogen-bond donors (Lipinski definition) is 1. The fourth-order valence-electron chi connectivity index (χ4n) is 2.93. The molecule has 4 nitrogen and oxygen atoms in total. The molecule has 0 saturated carbocycles. The van der Waals surface area contributed by atoms with Crippen molar-refractivity contribution in [1.29, 1.82) is 0 Å². The van der Waals surface area contributed by atoms with Gasteiger partial charge in [0.05, 0.1) is 11.7 Å². The molecule has 1 aromatic rings. The van der Waals surface area contributed by atoms with Crippen LogP contribution in [0.3, 0.4) is 0 Å². The highest BCUT2D eigenvalue weighted by atomic mass is 16.2. The molecule has 21 heavy (non-hydrogen) atoms. The Balaban J connectivity index is 2.17. The molecule has 2 heterocycles. The Morgan fingerprint density at radius 1 is 1.29 bits per heavy atom. The van der Waals surface area contributed by atoms with Gasteiger partial charge in [-0.1, -0.05) is 35.9 Å². The topological polar surface area (TPSA) is 49.4 Å². The Labute approximate surface area is 124 Å². The number of ketones is 1. The maximum Gasteiger partial charge on any atom is 0.322 e. The van der Waals surface area contributed by atoms with Crippen molar-refractivity contribution in [1.82, 2.24) is 10.2 Å². The van der Waals surface area contributed by atoms with Crippen LogP contribution in [-0.2, 0) is 4.79 Å². The number of carbonyl (C=O) groups is 2. The number of nitrogens with one attached hydrogen (secondary N) is 1. The zero-order chi connectivity index (χ0) is 15.0. The SMILES string of the molecule is CC(=O)C1=C2C=C(C)CCN2C(=O)NC1c1ccccc1. The number of allylic oxidation sites excluding steroid dienone is 1. The molecule has 0 aliphatic carbocycles. The second kappa shape index (κ2) is 5.20. The highest BCUT2D eigenvalue weighted by Crippen LogP contribution is 2.34. The van der Waals surface area contributed by atoms with Crippen LogP contribution in [0.25, 0.3) is 0 Å². The van der Waals surface area contributed by atoms with Crippen molar-refractivity contribution in [3.63, 3.8) is 0 Å². The van der Waals surface area contributed by atoms with Crippen molar-refractivity contribution < 1.29 is 9.59 Å². The molecule has 0 bridgehead atoms. The van der Waals surface area contributed by atoms with E-state index in [4.69, 9.17) is 0 Å². The summed E-state index contributed by atoms with van der Waals surface area (Å²) >= 11 is 0. The molecule has 4 heteroatoms. The maximum atomic E-state index is 12.3. The molecule has 0 spiro atoms. The summed E-state index contributed by atoms with van der Waals surface area (Å²) < 4.78 is 0. The smallest absolute Gasteiger partial charge is 0.322 e. The van der Waals surface area contributed by atoms with E-state index in [0.29, 0.717) is 12.1 Å². The first-order valence-electron chi connectivity index (χ1n) is 7.13. The zero-order valence-corrected chi connectivity index (χ0v) is 12.2. The lowest BCUT2D eigenvalue weighted by molar-refractivity contribution is -0.114. The minimum atomic E-state index is -0.371. The monoisotopic (exact) mass is 282 g/mol. The average molecular weight is 282 g/mol. The summed E-state index contributed by atoms with van der Waals surface area (Å²) in [6.07, 6.45) is 2.81. The van der Waals surface area contributed by atoms with Crippen molar-refractivity contribution in [3.8, 4) is 0 Å². The molecule has 0 fully saturated rings. The van der Waals surface area contributed by atoms with E-state index in [0.717, 1.165) is 17.7 Å². The number of amides is 2. The number of carbonyl (C=O) groups excluding carboxylic acids is 2. The Morgan fingerprint density at radius 3 is 2.67 bits per heavy atom. The maximum absolute atomic E-state index is 12.3. The van der Waals surface area contributed by atoms with Gasteiger partial charge in [0.25, 0.3) is 0 Å². The predicted molar refractivity (Wildman–Crippen MR) is 80.5 cm³/mol. The van der Waals surface area contributed by atoms with Gasteiger partial charge in [-0.05, 0) is 31.9 Å². The van der Waals surface area contributed by atoms with E-state index in [1.165, 1.54) is 5.57 Å². The molecule has 1 unspecified atom stereocenters. The van der Waals surface area contributed by atoms with Gasteiger partial charge in [-0.2, -0.15) is 0 Å². The van der Waals surface area contributed by atoms with E-state index in [1.807, 2.05) is 43.3 Å². The van der Waals surface area contributed by atoms with Crippen LogP contribution in [0.5, 0.6) is 0 Å². The van der Waals surface area contributed by atoms with E-state index in [1.54, 1.807) is 11.8 Å². The van der Waals surface area contributed by atoms with Crippen molar-refractivity contribution in [2.45, 2.75) is 26.3 Å². The van der Waals surface area contributed by atoms with Crippen LogP contribution in [0.4, 0.5) is 4.79 Å². The largest absolute Gasteiger partial charge is 0.327 e. The minimum Gasteiger partial charge on any atom is -0.327 e. The third-order valence-corrected chi connectivity index (χ3v) is 3.99. The second-order valence-corrected chi connectivity index (χ2v) is 5.54. The lowest BCUT2D eigenvalue weighted by Gasteiger charge is -2.38. The highest BCUT2D eigenvalue weighted by molar-refractivity contribution is 5.99. The van der Waals surface area contributed by atoms with Crippen LogP contribution in [0.1, 0.15) is 31.9 Å². The van der Waals surface area contributed by atoms with Crippen LogP contribution >= 0.6 is 0 Å². The summed E-state index contributed by atoms with van der Waals surface area (Å²) in [6, 6.07) is 9.12. The number of Topliss-reactive ketones (excluding diaryl/α,β-unsaturated/α-hetero) is 1. The second-order valence-electron chi connectivity index (χ2n) is 5.54. The van der Waals surface area contributed by atoms with Gasteiger partial charge in [0.1, 0.15) is 0 Å². The summed E-state index contributed by atoms with van der Waals surface area (Å²) in [5, 5.41) is 2.96. The molecule has 0 radical (unpaired) electrons. The first-order chi connectivity index (χ1) is 10.1. The van der Waals surface area contributed by atoms with Gasteiger partial charge in [0.15, 0.2) is 5.78 Å². The van der Waals surface area contributed by atoms with Crippen molar-refractivity contribution in [3.05, 3.63) is 58.8 Å². The summed E-state index contributed by atoms with van der Waals surface area (Å²) in [7, 11) is 0. The minimum absolute atomic E-state index is 0.00481. The van der Waals surface area contributed by atoms with E-state index in [9.17, 15) is 9.59 Å². The van der Waals surface area contributed by atoms with Crippen LogP contribution < -0.4 is 5.32 Å². The summed E-state index contributed by atoms with van der Waals surface area (Å²) in [6.45, 7) is 4.22. The number of nitrogens with zero attached hydrogens (tertiary/aromatic N) is 1. The van der Waals surface area contributed by atoms with Crippen molar-refractivity contribution >= 4 is 11.8 Å². The Kier molecular flexibility index (Phi) is 3.37. The van der Waals surface area contributed by atoms with E-state index in [2.05, 4.69) is 5.32 Å². The molecule has 3 rings (SSSR count). The average Bonchev–Trinajstić information content (AvgIpc) is 2.47. The molecule has 1 atom stereocenters. The third kappa shape index (κ3) is 2.37. The molecule has 2 amide bonds. The van der Waals surface area contributed by atoms with Gasteiger partial charge in [-0.3, -0.25) is 9.69 Å². The molecular weight excluding hydrogens is 264 g/mol. The van der Waals surface area contributed by atoms with Gasteiger partial charge < -0.3 is 5.32 Å². The lowest BCUT2D eigenvalue weighted by atomic mass is 9.90. The Hall–Kier alpha value is -2.36. The molecule has 2 aliphatic heterocycles. The standard InChI is InChI=1S/C17H18N2O2/c1-11-8-9-19-14(10-11)15(12(2)20)16(18-17(19)21)13-6-4-3-5-7-13/h3-7,10,16H,8-9H2,1-2H3,(H,18,21). The summed E-state index contributed by atoms with van der Waals surface area (Å²) in [5.74, 6) is -0.00481. The van der Waals surface area contributed by atoms with Crippen LogP contribution in [0.15, 0.2) is 53.3 Å². The quantitative estimate of drug-likeness (QED) is 0.906. The fraction of sp³-hybridized carbons (Fsp3) is 0.294. The molecule has 108 valence electrons. The van der Waals surface area contributed by atoms with Gasteiger partial charge >= 0.3 is 6.03 Å². The van der Waals surface area contributed by atoms with Crippen LogP contribution in [0, 0.1) is 0 Å². The molecule has 2 aliphatic rings. The molecule has 0 aromatic heterocycles. The molecule has 1 N–H and O–H groups in total. The first kappa shape index (κ1) is 13.6. The lowest BCUT2D eigenvalue weighted by Crippen LogP contribution is -2.49. The highest BCUT2D eigenvalue weighted by Gasteiger charge is 2.36. The zero-order valence-electron chi connectivity index (χ0n) is 12.2. The van der Waals surface area contributed by atoms with Crippen molar-refractivity contribution in [2.75, 3.05) is 6.54 Å². The normalized spacial score (nSPS) is 21.6. The molecular formula is C17H18N2O2. The number of benzene rings is 1. The fourth-order valence-corrected chi connectivity index (χ4v) is 2.93. The number of fused-ring (bicyclic) bond motifs is 1. The van der Waals surface area contributed by atoms with Crippen molar-refractivity contribution in [2.24, 2.45) is 0 Å². The van der Waals surface area contributed by atoms with Gasteiger partial charge in [-0.15, -0.1) is 0 Å². The van der Waals surface area contributed by atoms with E-state index in [-0.39, 0.29) is 17.9 Å². The number of hydrogen-bond acceptors (Lipinski definition) is 2. The number of rotatable bonds is 2. The van der Waals surface area contributed by atoms with Gasteiger partial charge in [0.2, 0.25) is 0 Å². The van der Waals surface area contributed by atoms with E-state index < -0.39 is 0 Å². The molecule has 1 aromatic carbocycles. The van der Waals surface area contributed by atoms with E-state index >= 15 is 0 Å². The van der Waals surface area contributed by atoms with Gasteiger partial charge in [0, 0.05) is 12.1 Å². The van der Waals surface area contributed by atoms with Crippen LogP contribution in [-0.4, -0.2) is 23.3 Å². The first-order valence-corrected chi connectivity index (χ1v) is 7.13. The predicted octanol–water partition coefficient (Wildman–Crippen LogP) is 2.95. The van der Waals surface area contributed by atoms with Crippen LogP contribution in [0.2, 0.25) is 0 Å².